The molecule has 19 heavy (non-hydrogen) atoms. The van der Waals surface area contributed by atoms with E-state index in [-0.39, 0.29) is 5.91 Å². The number of fused-ring (bicyclic) bond motifs is 1. The molecule has 1 N–H and O–H groups in total. The number of allylic oxidation sites excluding steroid dienone is 1. The van der Waals surface area contributed by atoms with Gasteiger partial charge in [-0.15, -0.1) is 0 Å². The van der Waals surface area contributed by atoms with Gasteiger partial charge in [-0.25, -0.2) is 15.0 Å². The Bertz CT molecular complexity index is 636. The van der Waals surface area contributed by atoms with Crippen LogP contribution in [0.5, 0.6) is 0 Å². The number of carbonyl (C=O) groups is 1. The summed E-state index contributed by atoms with van der Waals surface area (Å²) < 4.78 is 0. The quantitative estimate of drug-likeness (QED) is 0.895. The van der Waals surface area contributed by atoms with E-state index in [9.17, 15) is 4.79 Å². The van der Waals surface area contributed by atoms with Crippen molar-refractivity contribution in [3.05, 3.63) is 30.2 Å². The highest BCUT2D eigenvalue weighted by Gasteiger charge is 2.07. The summed E-state index contributed by atoms with van der Waals surface area (Å²) in [6, 6.07) is 3.79. The van der Waals surface area contributed by atoms with E-state index in [0.717, 1.165) is 36.3 Å². The van der Waals surface area contributed by atoms with Crippen molar-refractivity contribution in [2.24, 2.45) is 4.99 Å². The lowest BCUT2D eigenvalue weighted by Gasteiger charge is -1.93. The van der Waals surface area contributed by atoms with Gasteiger partial charge in [-0.1, -0.05) is 0 Å². The fourth-order valence-corrected chi connectivity index (χ4v) is 2.09. The van der Waals surface area contributed by atoms with E-state index in [0.29, 0.717) is 12.1 Å². The lowest BCUT2D eigenvalue weighted by molar-refractivity contribution is -0.117. The lowest BCUT2D eigenvalue weighted by atomic mass is 10.1. The summed E-state index contributed by atoms with van der Waals surface area (Å²) in [7, 11) is 0. The number of aliphatic imine (C=N–C) groups is 1. The smallest absolute Gasteiger partial charge is 0.245 e. The van der Waals surface area contributed by atoms with E-state index in [1.807, 2.05) is 24.3 Å². The Balaban J connectivity index is 1.83. The van der Waals surface area contributed by atoms with Crippen LogP contribution in [0.2, 0.25) is 0 Å². The Morgan fingerprint density at radius 1 is 1.21 bits per heavy atom. The SMILES string of the molecule is O=C1CCCCC(/C=C/c2nc3ncccc3[nH]2)=N1. The maximum absolute atomic E-state index is 11.4. The van der Waals surface area contributed by atoms with E-state index in [1.165, 1.54) is 0 Å². The minimum atomic E-state index is -0.0246. The van der Waals surface area contributed by atoms with Crippen molar-refractivity contribution in [3.63, 3.8) is 0 Å². The van der Waals surface area contributed by atoms with Gasteiger partial charge in [0.15, 0.2) is 5.65 Å². The summed E-state index contributed by atoms with van der Waals surface area (Å²) in [5.74, 6) is 0.705. The largest absolute Gasteiger partial charge is 0.337 e. The summed E-state index contributed by atoms with van der Waals surface area (Å²) in [5, 5.41) is 0. The van der Waals surface area contributed by atoms with Crippen LogP contribution in [0.4, 0.5) is 0 Å². The molecular weight excluding hydrogens is 240 g/mol. The molecule has 0 unspecified atom stereocenters. The topological polar surface area (TPSA) is 71.0 Å². The molecule has 1 aliphatic heterocycles. The van der Waals surface area contributed by atoms with Crippen LogP contribution in [0.3, 0.4) is 0 Å². The Labute approximate surface area is 110 Å². The molecule has 3 heterocycles. The predicted molar refractivity (Wildman–Crippen MR) is 73.8 cm³/mol. The van der Waals surface area contributed by atoms with Gasteiger partial charge >= 0.3 is 0 Å². The number of H-pyrrole nitrogens is 1. The molecular formula is C14H14N4O. The molecule has 0 saturated heterocycles. The number of hydrogen-bond acceptors (Lipinski definition) is 3. The van der Waals surface area contributed by atoms with Crippen molar-refractivity contribution in [1.82, 2.24) is 15.0 Å². The first-order chi connectivity index (χ1) is 9.31. The second-order valence-corrected chi connectivity index (χ2v) is 4.53. The maximum atomic E-state index is 11.4. The number of imidazole rings is 1. The summed E-state index contributed by atoms with van der Waals surface area (Å²) in [6.07, 6.45) is 8.77. The van der Waals surface area contributed by atoms with Gasteiger partial charge in [-0.05, 0) is 43.5 Å². The summed E-state index contributed by atoms with van der Waals surface area (Å²) in [6.45, 7) is 0. The Morgan fingerprint density at radius 3 is 3.00 bits per heavy atom. The number of amides is 1. The van der Waals surface area contributed by atoms with Crippen LogP contribution in [-0.4, -0.2) is 26.6 Å². The van der Waals surface area contributed by atoms with Crippen molar-refractivity contribution in [1.29, 1.82) is 0 Å². The molecule has 0 saturated carbocycles. The van der Waals surface area contributed by atoms with E-state index < -0.39 is 0 Å². The molecule has 5 heteroatoms. The highest BCUT2D eigenvalue weighted by atomic mass is 16.1. The Morgan fingerprint density at radius 2 is 2.11 bits per heavy atom. The molecule has 96 valence electrons. The summed E-state index contributed by atoms with van der Waals surface area (Å²) in [4.78, 5) is 27.1. The number of carbonyl (C=O) groups excluding carboxylic acids is 1. The molecule has 5 nitrogen and oxygen atoms in total. The third kappa shape index (κ3) is 2.76. The van der Waals surface area contributed by atoms with Gasteiger partial charge < -0.3 is 4.98 Å². The zero-order valence-corrected chi connectivity index (χ0v) is 10.5. The van der Waals surface area contributed by atoms with Crippen molar-refractivity contribution in [2.75, 3.05) is 0 Å². The van der Waals surface area contributed by atoms with Gasteiger partial charge in [-0.2, -0.15) is 0 Å². The standard InChI is InChI=1S/C14H14N4O/c19-13-6-2-1-4-10(16-13)7-8-12-17-11-5-3-9-15-14(11)18-12/h3,5,7-9H,1-2,4,6H2,(H,15,17,18)/b8-7+. The monoisotopic (exact) mass is 254 g/mol. The molecule has 2 aromatic heterocycles. The predicted octanol–water partition coefficient (Wildman–Crippen LogP) is 2.51. The molecule has 0 aromatic carbocycles. The van der Waals surface area contributed by atoms with Gasteiger partial charge in [-0.3, -0.25) is 4.79 Å². The zero-order chi connectivity index (χ0) is 13.1. The second-order valence-electron chi connectivity index (χ2n) is 4.53. The molecule has 0 radical (unpaired) electrons. The minimum absolute atomic E-state index is 0.0246. The van der Waals surface area contributed by atoms with E-state index in [4.69, 9.17) is 0 Å². The van der Waals surface area contributed by atoms with Gasteiger partial charge in [0.25, 0.3) is 0 Å². The average molecular weight is 254 g/mol. The van der Waals surface area contributed by atoms with Crippen LogP contribution in [0, 0.1) is 0 Å². The highest BCUT2D eigenvalue weighted by molar-refractivity contribution is 6.04. The summed E-state index contributed by atoms with van der Waals surface area (Å²) >= 11 is 0. The molecule has 0 spiro atoms. The van der Waals surface area contributed by atoms with E-state index in [1.54, 1.807) is 6.20 Å². The average Bonchev–Trinajstić information content (AvgIpc) is 2.72. The van der Waals surface area contributed by atoms with E-state index >= 15 is 0 Å². The van der Waals surface area contributed by atoms with Gasteiger partial charge in [0, 0.05) is 18.3 Å². The number of pyridine rings is 1. The van der Waals surface area contributed by atoms with Crippen LogP contribution >= 0.6 is 0 Å². The van der Waals surface area contributed by atoms with Gasteiger partial charge in [0.2, 0.25) is 5.91 Å². The number of nitrogens with one attached hydrogen (secondary N) is 1. The normalized spacial score (nSPS) is 16.8. The van der Waals surface area contributed by atoms with Crippen LogP contribution in [0.25, 0.3) is 17.2 Å². The number of aromatic nitrogens is 3. The van der Waals surface area contributed by atoms with Crippen molar-refractivity contribution in [3.8, 4) is 0 Å². The molecule has 0 atom stereocenters. The number of rotatable bonds is 2. The molecule has 0 aliphatic carbocycles. The van der Waals surface area contributed by atoms with E-state index in [2.05, 4.69) is 19.9 Å². The lowest BCUT2D eigenvalue weighted by Crippen LogP contribution is -1.95. The first-order valence-corrected chi connectivity index (χ1v) is 6.40. The molecule has 3 rings (SSSR count). The highest BCUT2D eigenvalue weighted by Crippen LogP contribution is 2.12. The molecule has 0 fully saturated rings. The third-order valence-electron chi connectivity index (χ3n) is 3.05. The fraction of sp³-hybridized carbons (Fsp3) is 0.286. The number of nitrogens with zero attached hydrogens (tertiary/aromatic N) is 3. The maximum Gasteiger partial charge on any atom is 0.245 e. The molecule has 0 bridgehead atoms. The van der Waals surface area contributed by atoms with Crippen LogP contribution < -0.4 is 0 Å². The molecule has 1 aliphatic rings. The van der Waals surface area contributed by atoms with Crippen LogP contribution in [0.15, 0.2) is 29.4 Å². The molecule has 1 amide bonds. The Hall–Kier alpha value is -2.30. The number of hydrogen-bond donors (Lipinski definition) is 1. The fourth-order valence-electron chi connectivity index (χ4n) is 2.09. The van der Waals surface area contributed by atoms with Gasteiger partial charge in [0.1, 0.15) is 5.82 Å². The summed E-state index contributed by atoms with van der Waals surface area (Å²) in [5.41, 5.74) is 2.43. The minimum Gasteiger partial charge on any atom is -0.337 e. The first-order valence-electron chi connectivity index (χ1n) is 6.40. The number of aromatic amines is 1. The second kappa shape index (κ2) is 5.14. The van der Waals surface area contributed by atoms with Crippen molar-refractivity contribution in [2.45, 2.75) is 25.7 Å². The van der Waals surface area contributed by atoms with Crippen molar-refractivity contribution >= 4 is 28.9 Å². The first kappa shape index (κ1) is 11.8. The Kier molecular flexibility index (Phi) is 3.18. The van der Waals surface area contributed by atoms with Gasteiger partial charge in [0.05, 0.1) is 5.52 Å². The van der Waals surface area contributed by atoms with Crippen LogP contribution in [0.1, 0.15) is 31.5 Å². The van der Waals surface area contributed by atoms with Crippen LogP contribution in [-0.2, 0) is 4.79 Å². The zero-order valence-electron chi connectivity index (χ0n) is 10.5. The molecule has 2 aromatic rings. The third-order valence-corrected chi connectivity index (χ3v) is 3.05. The van der Waals surface area contributed by atoms with Crippen molar-refractivity contribution < 1.29 is 4.79 Å².